The van der Waals surface area contributed by atoms with Crippen molar-refractivity contribution in [3.8, 4) is 0 Å². The molecular formula is C16H24FN. The number of hydrogen-bond acceptors (Lipinski definition) is 1. The number of rotatable bonds is 7. The second kappa shape index (κ2) is 7.32. The van der Waals surface area contributed by atoms with E-state index >= 15 is 0 Å². The van der Waals surface area contributed by atoms with Crippen LogP contribution in [-0.2, 0) is 0 Å². The fourth-order valence-electron chi connectivity index (χ4n) is 2.02. The van der Waals surface area contributed by atoms with Crippen molar-refractivity contribution in [1.82, 2.24) is 5.32 Å². The van der Waals surface area contributed by atoms with E-state index in [1.807, 2.05) is 32.0 Å². The number of hydrogen-bond donors (Lipinski definition) is 1. The van der Waals surface area contributed by atoms with Crippen molar-refractivity contribution < 1.29 is 4.39 Å². The smallest absolute Gasteiger partial charge is 0.130 e. The maximum absolute atomic E-state index is 14.1. The third kappa shape index (κ3) is 4.26. The van der Waals surface area contributed by atoms with Gasteiger partial charge in [0.2, 0.25) is 0 Å². The van der Waals surface area contributed by atoms with E-state index in [9.17, 15) is 4.39 Å². The van der Waals surface area contributed by atoms with E-state index in [0.717, 1.165) is 36.9 Å². The number of benzene rings is 1. The lowest BCUT2D eigenvalue weighted by Crippen LogP contribution is -2.23. The Kier molecular flexibility index (Phi) is 6.06. The summed E-state index contributed by atoms with van der Waals surface area (Å²) >= 11 is 0. The molecule has 0 spiro atoms. The molecule has 0 heterocycles. The zero-order valence-electron chi connectivity index (χ0n) is 11.7. The van der Waals surface area contributed by atoms with Gasteiger partial charge >= 0.3 is 0 Å². The number of aryl methyl sites for hydroxylation is 1. The van der Waals surface area contributed by atoms with Gasteiger partial charge in [0.05, 0.1) is 0 Å². The van der Waals surface area contributed by atoms with Crippen LogP contribution in [0.25, 0.3) is 0 Å². The first kappa shape index (κ1) is 14.9. The largest absolute Gasteiger partial charge is 0.310 e. The first-order chi connectivity index (χ1) is 8.56. The van der Waals surface area contributed by atoms with Crippen LogP contribution in [0.4, 0.5) is 4.39 Å². The van der Waals surface area contributed by atoms with Gasteiger partial charge in [0.1, 0.15) is 5.82 Å². The minimum atomic E-state index is -0.0761. The number of allylic oxidation sites excluding steroid dienone is 1. The molecular weight excluding hydrogens is 225 g/mol. The predicted octanol–water partition coefficient (Wildman–Crippen LogP) is 4.53. The van der Waals surface area contributed by atoms with Crippen molar-refractivity contribution in [2.75, 3.05) is 6.54 Å². The summed E-state index contributed by atoms with van der Waals surface area (Å²) in [6.45, 7) is 10.8. The molecule has 18 heavy (non-hydrogen) atoms. The van der Waals surface area contributed by atoms with Crippen molar-refractivity contribution in [3.63, 3.8) is 0 Å². The maximum Gasteiger partial charge on any atom is 0.130 e. The molecule has 0 aliphatic carbocycles. The summed E-state index contributed by atoms with van der Waals surface area (Å²) in [5.74, 6) is -0.0761. The topological polar surface area (TPSA) is 12.0 Å². The molecule has 0 radical (unpaired) electrons. The van der Waals surface area contributed by atoms with Crippen LogP contribution in [0, 0.1) is 12.7 Å². The van der Waals surface area contributed by atoms with Gasteiger partial charge in [-0.3, -0.25) is 0 Å². The van der Waals surface area contributed by atoms with Crippen LogP contribution < -0.4 is 5.32 Å². The van der Waals surface area contributed by atoms with Crippen molar-refractivity contribution >= 4 is 0 Å². The molecule has 1 aromatic rings. The quantitative estimate of drug-likeness (QED) is 0.700. The minimum absolute atomic E-state index is 0.0761. The zero-order chi connectivity index (χ0) is 13.5. The molecule has 2 heteroatoms. The summed E-state index contributed by atoms with van der Waals surface area (Å²) in [6, 6.07) is 5.71. The zero-order valence-corrected chi connectivity index (χ0v) is 11.7. The van der Waals surface area contributed by atoms with E-state index in [0.29, 0.717) is 5.56 Å². The maximum atomic E-state index is 14.1. The Morgan fingerprint density at radius 2 is 2.17 bits per heavy atom. The lowest BCUT2D eigenvalue weighted by Gasteiger charge is -2.20. The van der Waals surface area contributed by atoms with Crippen LogP contribution in [0.3, 0.4) is 0 Å². The molecule has 0 bridgehead atoms. The SMILES string of the molecule is C=C(C)CCC(NCCC)c1cccc(C)c1F. The Morgan fingerprint density at radius 3 is 2.78 bits per heavy atom. The second-order valence-corrected chi connectivity index (χ2v) is 4.98. The Balaban J connectivity index is 2.86. The van der Waals surface area contributed by atoms with Gasteiger partial charge < -0.3 is 5.32 Å². The van der Waals surface area contributed by atoms with E-state index in [2.05, 4.69) is 18.8 Å². The summed E-state index contributed by atoms with van der Waals surface area (Å²) in [5, 5.41) is 3.43. The van der Waals surface area contributed by atoms with Crippen molar-refractivity contribution in [2.45, 2.75) is 46.1 Å². The first-order valence-corrected chi connectivity index (χ1v) is 6.69. The van der Waals surface area contributed by atoms with Crippen LogP contribution in [0.5, 0.6) is 0 Å². The van der Waals surface area contributed by atoms with Crippen LogP contribution in [-0.4, -0.2) is 6.54 Å². The summed E-state index contributed by atoms with van der Waals surface area (Å²) < 4.78 is 14.1. The Morgan fingerprint density at radius 1 is 1.44 bits per heavy atom. The first-order valence-electron chi connectivity index (χ1n) is 6.69. The highest BCUT2D eigenvalue weighted by Crippen LogP contribution is 2.24. The van der Waals surface area contributed by atoms with Crippen LogP contribution in [0.15, 0.2) is 30.4 Å². The highest BCUT2D eigenvalue weighted by Gasteiger charge is 2.15. The Hall–Kier alpha value is -1.15. The lowest BCUT2D eigenvalue weighted by molar-refractivity contribution is 0.471. The van der Waals surface area contributed by atoms with Crippen LogP contribution in [0.2, 0.25) is 0 Å². The van der Waals surface area contributed by atoms with E-state index in [-0.39, 0.29) is 11.9 Å². The molecule has 0 aliphatic heterocycles. The van der Waals surface area contributed by atoms with Crippen molar-refractivity contribution in [2.24, 2.45) is 0 Å². The number of halogens is 1. The molecule has 1 nitrogen and oxygen atoms in total. The molecule has 0 aromatic heterocycles. The monoisotopic (exact) mass is 249 g/mol. The molecule has 1 unspecified atom stereocenters. The molecule has 1 aromatic carbocycles. The molecule has 0 saturated carbocycles. The minimum Gasteiger partial charge on any atom is -0.310 e. The van der Waals surface area contributed by atoms with E-state index < -0.39 is 0 Å². The standard InChI is InChI=1S/C16H24FN/c1-5-11-18-15(10-9-12(2)3)14-8-6-7-13(4)16(14)17/h6-8,15,18H,2,5,9-11H2,1,3-4H3. The van der Waals surface area contributed by atoms with E-state index in [1.165, 1.54) is 0 Å². The van der Waals surface area contributed by atoms with Gasteiger partial charge in [-0.15, -0.1) is 6.58 Å². The van der Waals surface area contributed by atoms with Gasteiger partial charge in [-0.05, 0) is 45.2 Å². The summed E-state index contributed by atoms with van der Waals surface area (Å²) in [4.78, 5) is 0. The van der Waals surface area contributed by atoms with E-state index in [1.54, 1.807) is 0 Å². The average Bonchev–Trinajstić information content (AvgIpc) is 2.33. The van der Waals surface area contributed by atoms with Crippen molar-refractivity contribution in [1.29, 1.82) is 0 Å². The fraction of sp³-hybridized carbons (Fsp3) is 0.500. The van der Waals surface area contributed by atoms with Gasteiger partial charge in [-0.2, -0.15) is 0 Å². The molecule has 1 atom stereocenters. The molecule has 1 rings (SSSR count). The van der Waals surface area contributed by atoms with Crippen LogP contribution >= 0.6 is 0 Å². The van der Waals surface area contributed by atoms with Gasteiger partial charge in [0.15, 0.2) is 0 Å². The molecule has 0 saturated heterocycles. The lowest BCUT2D eigenvalue weighted by atomic mass is 9.97. The summed E-state index contributed by atoms with van der Waals surface area (Å²) in [6.07, 6.45) is 2.88. The predicted molar refractivity (Wildman–Crippen MR) is 76.2 cm³/mol. The van der Waals surface area contributed by atoms with E-state index in [4.69, 9.17) is 0 Å². The molecule has 100 valence electrons. The van der Waals surface area contributed by atoms with Crippen LogP contribution in [0.1, 0.15) is 50.3 Å². The third-order valence-electron chi connectivity index (χ3n) is 3.10. The normalized spacial score (nSPS) is 12.4. The Bertz CT molecular complexity index is 398. The van der Waals surface area contributed by atoms with Gasteiger partial charge in [0.25, 0.3) is 0 Å². The number of nitrogens with one attached hydrogen (secondary N) is 1. The third-order valence-corrected chi connectivity index (χ3v) is 3.10. The second-order valence-electron chi connectivity index (χ2n) is 4.98. The van der Waals surface area contributed by atoms with Gasteiger partial charge in [-0.25, -0.2) is 4.39 Å². The fourth-order valence-corrected chi connectivity index (χ4v) is 2.02. The van der Waals surface area contributed by atoms with Crippen molar-refractivity contribution in [3.05, 3.63) is 47.3 Å². The molecule has 1 N–H and O–H groups in total. The Labute approximate surface area is 110 Å². The summed E-state index contributed by atoms with van der Waals surface area (Å²) in [7, 11) is 0. The molecule has 0 aliphatic rings. The van der Waals surface area contributed by atoms with Gasteiger partial charge in [0, 0.05) is 11.6 Å². The average molecular weight is 249 g/mol. The summed E-state index contributed by atoms with van der Waals surface area (Å²) in [5.41, 5.74) is 2.64. The highest BCUT2D eigenvalue weighted by molar-refractivity contribution is 5.27. The van der Waals surface area contributed by atoms with Gasteiger partial charge in [-0.1, -0.05) is 30.7 Å². The molecule has 0 amide bonds. The molecule has 0 fully saturated rings. The highest BCUT2D eigenvalue weighted by atomic mass is 19.1.